The Kier molecular flexibility index (Phi) is 6.60. The Balaban J connectivity index is 1.63. The summed E-state index contributed by atoms with van der Waals surface area (Å²) in [6, 6.07) is 14.9. The van der Waals surface area contributed by atoms with Gasteiger partial charge in [-0.2, -0.15) is 0 Å². The molecule has 3 rings (SSSR count). The molecule has 0 spiro atoms. The number of aryl methyl sites for hydroxylation is 1. The van der Waals surface area contributed by atoms with Gasteiger partial charge in [-0.1, -0.05) is 36.9 Å². The van der Waals surface area contributed by atoms with Crippen LogP contribution in [0.4, 0.5) is 5.69 Å². The van der Waals surface area contributed by atoms with Gasteiger partial charge in [0.05, 0.1) is 11.4 Å². The van der Waals surface area contributed by atoms with E-state index in [0.29, 0.717) is 22.8 Å². The van der Waals surface area contributed by atoms with E-state index in [1.165, 1.54) is 11.8 Å². The average Bonchev–Trinajstić information content (AvgIpc) is 3.15. The van der Waals surface area contributed by atoms with Crippen molar-refractivity contribution in [1.29, 1.82) is 0 Å². The summed E-state index contributed by atoms with van der Waals surface area (Å²) < 4.78 is 1.89. The number of hydrogen-bond donors (Lipinski definition) is 1. The fourth-order valence-electron chi connectivity index (χ4n) is 2.73. The second-order valence-corrected chi connectivity index (χ2v) is 7.30. The van der Waals surface area contributed by atoms with E-state index in [2.05, 4.69) is 15.5 Å². The van der Waals surface area contributed by atoms with Gasteiger partial charge in [0.2, 0.25) is 5.91 Å². The summed E-state index contributed by atoms with van der Waals surface area (Å²) in [6.45, 7) is 3.98. The highest BCUT2D eigenvalue weighted by Gasteiger charge is 2.13. The minimum atomic E-state index is -0.0207. The van der Waals surface area contributed by atoms with Crippen LogP contribution in [0.1, 0.15) is 35.7 Å². The number of aromatic nitrogens is 3. The lowest BCUT2D eigenvalue weighted by atomic mass is 10.1. The van der Waals surface area contributed by atoms with E-state index in [1.807, 2.05) is 42.7 Å². The standard InChI is InChI=1S/C21H22N4O2S/c1-3-6-20(27)23-17-11-9-16(10-12-17)19(26)13-28-21-24-22-14-25(21)18-8-5-4-7-15(18)2/h4-5,7-12,14H,3,6,13H2,1-2H3,(H,23,27). The van der Waals surface area contributed by atoms with Crippen LogP contribution in [0.5, 0.6) is 0 Å². The molecule has 2 aromatic carbocycles. The first-order valence-corrected chi connectivity index (χ1v) is 10.1. The molecule has 0 radical (unpaired) electrons. The molecule has 0 unspecified atom stereocenters. The van der Waals surface area contributed by atoms with Gasteiger partial charge in [-0.3, -0.25) is 14.2 Å². The first kappa shape index (κ1) is 19.8. The number of rotatable bonds is 8. The molecule has 1 heterocycles. The molecule has 0 saturated heterocycles. The van der Waals surface area contributed by atoms with Crippen molar-refractivity contribution in [1.82, 2.24) is 14.8 Å². The lowest BCUT2D eigenvalue weighted by Gasteiger charge is -2.09. The normalized spacial score (nSPS) is 10.6. The van der Waals surface area contributed by atoms with Gasteiger partial charge in [-0.05, 0) is 49.2 Å². The Bertz CT molecular complexity index is 967. The van der Waals surface area contributed by atoms with Gasteiger partial charge >= 0.3 is 0 Å². The van der Waals surface area contributed by atoms with Crippen LogP contribution < -0.4 is 5.32 Å². The quantitative estimate of drug-likeness (QED) is 0.456. The SMILES string of the molecule is CCCC(=O)Nc1ccc(C(=O)CSc2nncn2-c2ccccc2C)cc1. The molecule has 0 aliphatic carbocycles. The van der Waals surface area contributed by atoms with E-state index in [9.17, 15) is 9.59 Å². The zero-order chi connectivity index (χ0) is 19.9. The van der Waals surface area contributed by atoms with Gasteiger partial charge in [0, 0.05) is 17.7 Å². The van der Waals surface area contributed by atoms with Gasteiger partial charge in [0.1, 0.15) is 6.33 Å². The maximum atomic E-state index is 12.5. The Morgan fingerprint density at radius 3 is 2.57 bits per heavy atom. The van der Waals surface area contributed by atoms with Crippen molar-refractivity contribution in [2.75, 3.05) is 11.1 Å². The maximum Gasteiger partial charge on any atom is 0.224 e. The second-order valence-electron chi connectivity index (χ2n) is 6.36. The van der Waals surface area contributed by atoms with Gasteiger partial charge < -0.3 is 5.32 Å². The van der Waals surface area contributed by atoms with Gasteiger partial charge in [0.25, 0.3) is 0 Å². The van der Waals surface area contributed by atoms with Gasteiger partial charge in [-0.15, -0.1) is 10.2 Å². The highest BCUT2D eigenvalue weighted by atomic mass is 32.2. The molecular weight excluding hydrogens is 372 g/mol. The van der Waals surface area contributed by atoms with Crippen molar-refractivity contribution < 1.29 is 9.59 Å². The van der Waals surface area contributed by atoms with Gasteiger partial charge in [-0.25, -0.2) is 0 Å². The third-order valence-electron chi connectivity index (χ3n) is 4.19. The highest BCUT2D eigenvalue weighted by molar-refractivity contribution is 7.99. The number of ketones is 1. The van der Waals surface area contributed by atoms with E-state index in [4.69, 9.17) is 0 Å². The lowest BCUT2D eigenvalue weighted by molar-refractivity contribution is -0.116. The molecule has 1 aromatic heterocycles. The fraction of sp³-hybridized carbons (Fsp3) is 0.238. The topological polar surface area (TPSA) is 76.9 Å². The van der Waals surface area contributed by atoms with Crippen LogP contribution in [0, 0.1) is 6.92 Å². The number of Topliss-reactive ketones (excluding diaryl/α,β-unsaturated/α-hetero) is 1. The second kappa shape index (κ2) is 9.32. The van der Waals surface area contributed by atoms with E-state index < -0.39 is 0 Å². The minimum Gasteiger partial charge on any atom is -0.326 e. The van der Waals surface area contributed by atoms with Crippen LogP contribution in [0.25, 0.3) is 5.69 Å². The minimum absolute atomic E-state index is 0.00392. The number of hydrogen-bond acceptors (Lipinski definition) is 5. The predicted octanol–water partition coefficient (Wildman–Crippen LogP) is 4.29. The molecule has 0 atom stereocenters. The van der Waals surface area contributed by atoms with Crippen molar-refractivity contribution in [2.45, 2.75) is 31.8 Å². The van der Waals surface area contributed by atoms with Crippen molar-refractivity contribution in [3.63, 3.8) is 0 Å². The van der Waals surface area contributed by atoms with Crippen LogP contribution in [-0.2, 0) is 4.79 Å². The number of para-hydroxylation sites is 1. The summed E-state index contributed by atoms with van der Waals surface area (Å²) in [5.41, 5.74) is 3.40. The Morgan fingerprint density at radius 1 is 1.11 bits per heavy atom. The number of carbonyl (C=O) groups excluding carboxylic acids is 2. The molecule has 28 heavy (non-hydrogen) atoms. The summed E-state index contributed by atoms with van der Waals surface area (Å²) in [7, 11) is 0. The summed E-state index contributed by atoms with van der Waals surface area (Å²) in [6.07, 6.45) is 2.94. The third kappa shape index (κ3) is 4.86. The predicted molar refractivity (Wildman–Crippen MR) is 111 cm³/mol. The molecule has 0 aliphatic rings. The highest BCUT2D eigenvalue weighted by Crippen LogP contribution is 2.23. The van der Waals surface area contributed by atoms with Crippen molar-refractivity contribution in [3.8, 4) is 5.69 Å². The summed E-state index contributed by atoms with van der Waals surface area (Å²) in [4.78, 5) is 24.2. The van der Waals surface area contributed by atoms with Crippen LogP contribution in [0.15, 0.2) is 60.0 Å². The number of thioether (sulfide) groups is 1. The number of nitrogens with zero attached hydrogens (tertiary/aromatic N) is 3. The average molecular weight is 395 g/mol. The molecule has 1 amide bonds. The lowest BCUT2D eigenvalue weighted by Crippen LogP contribution is -2.11. The first-order chi connectivity index (χ1) is 13.6. The summed E-state index contributed by atoms with van der Waals surface area (Å²) in [5, 5.41) is 11.6. The molecule has 6 nitrogen and oxygen atoms in total. The fourth-order valence-corrected chi connectivity index (χ4v) is 3.54. The molecule has 0 bridgehead atoms. The molecular formula is C21H22N4O2S. The number of carbonyl (C=O) groups is 2. The van der Waals surface area contributed by atoms with E-state index in [0.717, 1.165) is 17.7 Å². The van der Waals surface area contributed by atoms with Gasteiger partial charge in [0.15, 0.2) is 10.9 Å². The summed E-state index contributed by atoms with van der Waals surface area (Å²) in [5.74, 6) is 0.231. The number of nitrogens with one attached hydrogen (secondary N) is 1. The first-order valence-electron chi connectivity index (χ1n) is 9.10. The van der Waals surface area contributed by atoms with Crippen LogP contribution in [0.3, 0.4) is 0 Å². The van der Waals surface area contributed by atoms with E-state index >= 15 is 0 Å². The Labute approximate surface area is 168 Å². The third-order valence-corrected chi connectivity index (χ3v) is 5.13. The monoisotopic (exact) mass is 394 g/mol. The van der Waals surface area contributed by atoms with E-state index in [1.54, 1.807) is 30.6 Å². The molecule has 0 fully saturated rings. The van der Waals surface area contributed by atoms with Crippen molar-refractivity contribution >= 4 is 29.1 Å². The van der Waals surface area contributed by atoms with Crippen molar-refractivity contribution in [3.05, 3.63) is 66.0 Å². The molecule has 3 aromatic rings. The van der Waals surface area contributed by atoms with Crippen LogP contribution in [-0.4, -0.2) is 32.2 Å². The van der Waals surface area contributed by atoms with Crippen molar-refractivity contribution in [2.24, 2.45) is 0 Å². The molecule has 7 heteroatoms. The molecule has 0 aliphatic heterocycles. The molecule has 0 saturated carbocycles. The number of anilines is 1. The molecule has 1 N–H and O–H groups in total. The van der Waals surface area contributed by atoms with Crippen LogP contribution >= 0.6 is 11.8 Å². The smallest absolute Gasteiger partial charge is 0.224 e. The number of amides is 1. The zero-order valence-electron chi connectivity index (χ0n) is 15.9. The Morgan fingerprint density at radius 2 is 1.86 bits per heavy atom. The summed E-state index contributed by atoms with van der Waals surface area (Å²) >= 11 is 1.35. The zero-order valence-corrected chi connectivity index (χ0v) is 16.7. The number of benzene rings is 2. The molecule has 144 valence electrons. The Hall–Kier alpha value is -2.93. The maximum absolute atomic E-state index is 12.5. The van der Waals surface area contributed by atoms with E-state index in [-0.39, 0.29) is 17.4 Å². The largest absolute Gasteiger partial charge is 0.326 e. The van der Waals surface area contributed by atoms with Crippen LogP contribution in [0.2, 0.25) is 0 Å².